The van der Waals surface area contributed by atoms with Crippen molar-refractivity contribution in [2.75, 3.05) is 5.32 Å². The maximum atomic E-state index is 14.5. The van der Waals surface area contributed by atoms with Crippen LogP contribution in [0.3, 0.4) is 0 Å². The van der Waals surface area contributed by atoms with Crippen LogP contribution in [0.15, 0.2) is 84.2 Å². The lowest BCUT2D eigenvalue weighted by atomic mass is 9.73. The molecule has 9 heteroatoms. The van der Waals surface area contributed by atoms with Crippen molar-refractivity contribution in [3.63, 3.8) is 0 Å². The van der Waals surface area contributed by atoms with Crippen molar-refractivity contribution in [1.29, 1.82) is 0 Å². The summed E-state index contributed by atoms with van der Waals surface area (Å²) in [5.74, 6) is -4.60. The van der Waals surface area contributed by atoms with Gasteiger partial charge in [-0.05, 0) is 85.3 Å². The number of hydrogen-bond acceptors (Lipinski definition) is 4. The van der Waals surface area contributed by atoms with Crippen molar-refractivity contribution < 1.29 is 28.3 Å². The van der Waals surface area contributed by atoms with Gasteiger partial charge in [0.15, 0.2) is 5.78 Å². The number of nitrogens with one attached hydrogen (secondary N) is 1. The molecule has 5 rings (SSSR count). The van der Waals surface area contributed by atoms with Gasteiger partial charge in [-0.1, -0.05) is 36.4 Å². The average molecular weight is 575 g/mol. The minimum Gasteiger partial charge on any atom is -0.479 e. The second-order valence-corrected chi connectivity index (χ2v) is 11.4. The Morgan fingerprint density at radius 2 is 1.49 bits per heavy atom. The molecule has 0 bridgehead atoms. The minimum absolute atomic E-state index is 0.250. The Hall–Kier alpha value is -4.37. The van der Waals surface area contributed by atoms with Crippen LogP contribution < -0.4 is 5.32 Å². The molecule has 1 aliphatic rings. The third-order valence-electron chi connectivity index (χ3n) is 7.94. The van der Waals surface area contributed by atoms with Crippen LogP contribution in [0.2, 0.25) is 0 Å². The fraction of sp³-hybridized carbons (Fsp3) is 0.219. The maximum Gasteiger partial charge on any atom is 0.330 e. The number of aliphatic carboxylic acids is 1. The van der Waals surface area contributed by atoms with Crippen molar-refractivity contribution in [3.05, 3.63) is 123 Å². The van der Waals surface area contributed by atoms with Crippen LogP contribution in [0.5, 0.6) is 0 Å². The molecular formula is C32H28F2N2O4S. The van der Waals surface area contributed by atoms with E-state index in [4.69, 9.17) is 0 Å². The zero-order valence-electron chi connectivity index (χ0n) is 22.6. The highest BCUT2D eigenvalue weighted by Gasteiger charge is 2.65. The lowest BCUT2D eigenvalue weighted by Gasteiger charge is -2.37. The van der Waals surface area contributed by atoms with Crippen LogP contribution in [-0.4, -0.2) is 33.3 Å². The Bertz CT molecular complexity index is 1620. The molecule has 4 aromatic rings. The van der Waals surface area contributed by atoms with Crippen LogP contribution in [0.4, 0.5) is 19.3 Å². The van der Waals surface area contributed by atoms with Crippen LogP contribution in [-0.2, 0) is 4.79 Å². The first kappa shape index (κ1) is 28.2. The summed E-state index contributed by atoms with van der Waals surface area (Å²) in [4.78, 5) is 43.8. The molecule has 6 nitrogen and oxygen atoms in total. The summed E-state index contributed by atoms with van der Waals surface area (Å²) in [7, 11) is 0. The topological polar surface area (TPSA) is 86.7 Å². The predicted molar refractivity (Wildman–Crippen MR) is 153 cm³/mol. The van der Waals surface area contributed by atoms with Crippen LogP contribution in [0.1, 0.15) is 50.8 Å². The molecule has 0 saturated carbocycles. The number of carboxylic acid groups (broad SMARTS) is 1. The SMILES string of the molecule is Cc1ccccc1C(=O)C1C(c2ccc(F)cc2)N(C(=O)Nc2ccc(F)cc2)C(C)(C(=O)O)C1c1sccc1C. The number of amides is 2. The highest BCUT2D eigenvalue weighted by Crippen LogP contribution is 2.58. The highest BCUT2D eigenvalue weighted by molar-refractivity contribution is 7.10. The Kier molecular flexibility index (Phi) is 7.48. The van der Waals surface area contributed by atoms with E-state index in [1.165, 1.54) is 71.7 Å². The summed E-state index contributed by atoms with van der Waals surface area (Å²) in [5.41, 5.74) is 0.688. The molecule has 210 valence electrons. The van der Waals surface area contributed by atoms with E-state index in [0.717, 1.165) is 5.56 Å². The molecule has 0 aliphatic carbocycles. The first-order valence-corrected chi connectivity index (χ1v) is 13.9. The molecule has 1 fully saturated rings. The molecule has 3 aromatic carbocycles. The van der Waals surface area contributed by atoms with Gasteiger partial charge < -0.3 is 10.4 Å². The van der Waals surface area contributed by atoms with Crippen molar-refractivity contribution in [1.82, 2.24) is 4.90 Å². The third-order valence-corrected chi connectivity index (χ3v) is 9.04. The molecule has 1 aromatic heterocycles. The van der Waals surface area contributed by atoms with Crippen molar-refractivity contribution in [2.24, 2.45) is 5.92 Å². The highest BCUT2D eigenvalue weighted by atomic mass is 32.1. The van der Waals surface area contributed by atoms with Gasteiger partial charge in [-0.2, -0.15) is 0 Å². The molecule has 0 spiro atoms. The zero-order valence-corrected chi connectivity index (χ0v) is 23.4. The lowest BCUT2D eigenvalue weighted by molar-refractivity contribution is -0.148. The number of ketones is 1. The molecule has 2 N–H and O–H groups in total. The number of rotatable bonds is 6. The van der Waals surface area contributed by atoms with Crippen LogP contribution >= 0.6 is 11.3 Å². The second kappa shape index (κ2) is 10.9. The number of likely N-dealkylation sites (tertiary alicyclic amines) is 1. The number of nitrogens with zero attached hydrogens (tertiary/aromatic N) is 1. The number of carboxylic acids is 1. The number of anilines is 1. The van der Waals surface area contributed by atoms with Gasteiger partial charge in [0.2, 0.25) is 0 Å². The first-order chi connectivity index (χ1) is 19.5. The average Bonchev–Trinajstić information content (AvgIpc) is 3.48. The molecule has 2 amide bonds. The third kappa shape index (κ3) is 4.91. The van der Waals surface area contributed by atoms with Gasteiger partial charge in [-0.25, -0.2) is 18.4 Å². The van der Waals surface area contributed by atoms with Gasteiger partial charge >= 0.3 is 12.0 Å². The van der Waals surface area contributed by atoms with E-state index in [1.54, 1.807) is 25.1 Å². The summed E-state index contributed by atoms with van der Waals surface area (Å²) < 4.78 is 27.7. The van der Waals surface area contributed by atoms with E-state index in [1.807, 2.05) is 24.4 Å². The van der Waals surface area contributed by atoms with Gasteiger partial charge in [-0.15, -0.1) is 11.3 Å². The summed E-state index contributed by atoms with van der Waals surface area (Å²) in [6, 6.07) is 17.5. The van der Waals surface area contributed by atoms with Gasteiger partial charge in [-0.3, -0.25) is 9.69 Å². The molecule has 0 radical (unpaired) electrons. The summed E-state index contributed by atoms with van der Waals surface area (Å²) in [5, 5.41) is 15.4. The van der Waals surface area contributed by atoms with Gasteiger partial charge in [0.25, 0.3) is 0 Å². The number of aryl methyl sites for hydroxylation is 2. The van der Waals surface area contributed by atoms with Crippen LogP contribution in [0.25, 0.3) is 0 Å². The first-order valence-electron chi connectivity index (χ1n) is 13.0. The van der Waals surface area contributed by atoms with Crippen molar-refractivity contribution >= 4 is 34.8 Å². The number of halogens is 2. The van der Waals surface area contributed by atoms with Crippen molar-refractivity contribution in [3.8, 4) is 0 Å². The maximum absolute atomic E-state index is 14.5. The Morgan fingerprint density at radius 1 is 0.878 bits per heavy atom. The largest absolute Gasteiger partial charge is 0.479 e. The number of urea groups is 1. The predicted octanol–water partition coefficient (Wildman–Crippen LogP) is 7.36. The minimum atomic E-state index is -1.90. The number of Topliss-reactive ketones (excluding diaryl/α,β-unsaturated/α-hetero) is 1. The van der Waals surface area contributed by atoms with E-state index in [0.29, 0.717) is 21.6 Å². The van der Waals surface area contributed by atoms with E-state index in [9.17, 15) is 28.3 Å². The lowest BCUT2D eigenvalue weighted by Crippen LogP contribution is -2.55. The van der Waals surface area contributed by atoms with Crippen LogP contribution in [0, 0.1) is 31.4 Å². The normalized spacial score (nSPS) is 22.0. The summed E-state index contributed by atoms with van der Waals surface area (Å²) in [6.07, 6.45) is 0. The summed E-state index contributed by atoms with van der Waals surface area (Å²) >= 11 is 1.33. The van der Waals surface area contributed by atoms with E-state index < -0.39 is 47.1 Å². The second-order valence-electron chi connectivity index (χ2n) is 10.4. The van der Waals surface area contributed by atoms with E-state index in [2.05, 4.69) is 5.32 Å². The molecular weight excluding hydrogens is 546 g/mol. The monoisotopic (exact) mass is 574 g/mol. The van der Waals surface area contributed by atoms with Crippen molar-refractivity contribution in [2.45, 2.75) is 38.3 Å². The Balaban J connectivity index is 1.77. The van der Waals surface area contributed by atoms with Gasteiger partial charge in [0.05, 0.1) is 12.0 Å². The molecule has 4 atom stereocenters. The quantitative estimate of drug-likeness (QED) is 0.236. The molecule has 4 unspecified atom stereocenters. The number of thiophene rings is 1. The fourth-order valence-electron chi connectivity index (χ4n) is 5.88. The number of carbonyl (C=O) groups is 3. The molecule has 41 heavy (non-hydrogen) atoms. The Labute approximate surface area is 240 Å². The number of hydrogen-bond donors (Lipinski definition) is 2. The van der Waals surface area contributed by atoms with E-state index >= 15 is 0 Å². The molecule has 1 aliphatic heterocycles. The van der Waals surface area contributed by atoms with E-state index in [-0.39, 0.29) is 11.5 Å². The zero-order chi connectivity index (χ0) is 29.5. The molecule has 1 saturated heterocycles. The number of carbonyl (C=O) groups excluding carboxylic acids is 2. The van der Waals surface area contributed by atoms with Gasteiger partial charge in [0, 0.05) is 22.0 Å². The summed E-state index contributed by atoms with van der Waals surface area (Å²) in [6.45, 7) is 5.10. The smallest absolute Gasteiger partial charge is 0.330 e. The Morgan fingerprint density at radius 3 is 2.05 bits per heavy atom. The van der Waals surface area contributed by atoms with Gasteiger partial charge in [0.1, 0.15) is 17.2 Å². The molecule has 2 heterocycles. The fourth-order valence-corrected chi connectivity index (χ4v) is 7.08. The standard InChI is InChI=1S/C32H28F2N2O4S/c1-18-6-4-5-7-24(18)28(37)25-26(29-19(2)16-17-41-29)32(3,30(38)39)36(27(25)20-8-10-21(33)11-9-20)31(40)35-23-14-12-22(34)13-15-23/h4-17,25-27H,1-3H3,(H,35,40)(H,38,39). The number of benzene rings is 3.